The largest absolute Gasteiger partial charge is 0.496 e. The highest BCUT2D eigenvalue weighted by Gasteiger charge is 2.33. The maximum atomic E-state index is 13.0. The van der Waals surface area contributed by atoms with Gasteiger partial charge >= 0.3 is 0 Å². The molecule has 0 bridgehead atoms. The number of halogens is 2. The number of piperidine rings is 1. The number of nitrogens with zero attached hydrogens (tertiary/aromatic N) is 1. The quantitative estimate of drug-likeness (QED) is 0.630. The lowest BCUT2D eigenvalue weighted by atomic mass is 9.97. The fraction of sp³-hybridized carbons (Fsp3) is 0.409. The number of carbonyl (C=O) groups is 1. The number of carbonyl (C=O) groups excluding carboxylic acids is 1. The molecule has 3 rings (SSSR count). The predicted molar refractivity (Wildman–Crippen MR) is 123 cm³/mol. The highest BCUT2D eigenvalue weighted by Crippen LogP contribution is 2.30. The van der Waals surface area contributed by atoms with E-state index in [0.717, 1.165) is 5.56 Å². The van der Waals surface area contributed by atoms with E-state index >= 15 is 0 Å². The Hall–Kier alpha value is -1.80. The zero-order valence-electron chi connectivity index (χ0n) is 17.5. The molecule has 1 amide bonds. The van der Waals surface area contributed by atoms with Crippen molar-refractivity contribution in [2.24, 2.45) is 5.92 Å². The molecular formula is C22H26Cl2N2O4S. The van der Waals surface area contributed by atoms with Crippen LogP contribution in [0.25, 0.3) is 0 Å². The second-order valence-electron chi connectivity index (χ2n) is 7.63. The number of rotatable bonds is 7. The third kappa shape index (κ3) is 5.71. The Bertz CT molecular complexity index is 1030. The van der Waals surface area contributed by atoms with E-state index in [1.807, 2.05) is 31.2 Å². The van der Waals surface area contributed by atoms with Gasteiger partial charge in [-0.2, -0.15) is 0 Å². The van der Waals surface area contributed by atoms with Crippen LogP contribution in [-0.4, -0.2) is 38.8 Å². The van der Waals surface area contributed by atoms with Crippen molar-refractivity contribution in [3.8, 4) is 5.75 Å². The van der Waals surface area contributed by atoms with E-state index < -0.39 is 15.9 Å². The van der Waals surface area contributed by atoms with Crippen molar-refractivity contribution in [3.05, 3.63) is 63.6 Å². The van der Waals surface area contributed by atoms with E-state index in [2.05, 4.69) is 5.32 Å². The molecule has 168 valence electrons. The second-order valence-corrected chi connectivity index (χ2v) is 10.4. The molecule has 6 nitrogen and oxygen atoms in total. The molecule has 0 aliphatic carbocycles. The summed E-state index contributed by atoms with van der Waals surface area (Å²) in [7, 11) is -2.09. The summed E-state index contributed by atoms with van der Waals surface area (Å²) >= 11 is 12.3. The molecule has 0 unspecified atom stereocenters. The molecule has 0 saturated carbocycles. The van der Waals surface area contributed by atoms with Gasteiger partial charge in [-0.15, -0.1) is 0 Å². The van der Waals surface area contributed by atoms with E-state index in [4.69, 9.17) is 27.9 Å². The summed E-state index contributed by atoms with van der Waals surface area (Å²) in [5.41, 5.74) is 1.24. The molecular weight excluding hydrogens is 459 g/mol. The third-order valence-electron chi connectivity index (χ3n) is 5.50. The SMILES string of the molecule is COc1ccccc1[C@H](C)NC(=O)[C@H]1CCCN(S(=O)(=O)Cc2c(Cl)cccc2Cl)C1. The van der Waals surface area contributed by atoms with E-state index in [1.54, 1.807) is 25.3 Å². The van der Waals surface area contributed by atoms with Gasteiger partial charge in [0.2, 0.25) is 15.9 Å². The standard InChI is InChI=1S/C22H26Cl2N2O4S/c1-15(17-8-3-4-11-21(17)30-2)25-22(27)16-7-6-12-26(13-16)31(28,29)14-18-19(23)9-5-10-20(18)24/h3-5,8-11,15-16H,6-7,12-14H2,1-2H3,(H,25,27)/t15-,16-/m0/s1. The number of sulfonamides is 1. The maximum absolute atomic E-state index is 13.0. The average Bonchev–Trinajstić information content (AvgIpc) is 2.76. The van der Waals surface area contributed by atoms with Crippen LogP contribution in [0, 0.1) is 5.92 Å². The first kappa shape index (κ1) is 23.9. The normalized spacial score (nSPS) is 18.4. The minimum atomic E-state index is -3.67. The van der Waals surface area contributed by atoms with Crippen LogP contribution in [0.4, 0.5) is 0 Å². The zero-order valence-corrected chi connectivity index (χ0v) is 19.8. The molecule has 9 heteroatoms. The van der Waals surface area contributed by atoms with Crippen LogP contribution in [-0.2, 0) is 20.6 Å². The Morgan fingerprint density at radius 2 is 1.87 bits per heavy atom. The van der Waals surface area contributed by atoms with Crippen LogP contribution in [0.15, 0.2) is 42.5 Å². The fourth-order valence-corrected chi connectivity index (χ4v) is 6.15. The fourth-order valence-electron chi connectivity index (χ4n) is 3.79. The number of hydrogen-bond donors (Lipinski definition) is 1. The number of nitrogens with one attached hydrogen (secondary N) is 1. The zero-order chi connectivity index (χ0) is 22.6. The van der Waals surface area contributed by atoms with Gasteiger partial charge in [-0.1, -0.05) is 47.5 Å². The smallest absolute Gasteiger partial charge is 0.224 e. The number of methoxy groups -OCH3 is 1. The summed E-state index contributed by atoms with van der Waals surface area (Å²) in [4.78, 5) is 12.9. The molecule has 1 N–H and O–H groups in total. The number of para-hydroxylation sites is 1. The van der Waals surface area contributed by atoms with Gasteiger partial charge in [-0.05, 0) is 38.0 Å². The van der Waals surface area contributed by atoms with Crippen molar-refractivity contribution in [2.75, 3.05) is 20.2 Å². The lowest BCUT2D eigenvalue weighted by Gasteiger charge is -2.32. The van der Waals surface area contributed by atoms with Gasteiger partial charge in [0.05, 0.1) is 24.8 Å². The van der Waals surface area contributed by atoms with Crippen LogP contribution in [0.1, 0.15) is 36.9 Å². The van der Waals surface area contributed by atoms with Gasteiger partial charge in [0.15, 0.2) is 0 Å². The Morgan fingerprint density at radius 1 is 1.19 bits per heavy atom. The lowest BCUT2D eigenvalue weighted by Crippen LogP contribution is -2.46. The third-order valence-corrected chi connectivity index (χ3v) is 7.98. The first-order valence-corrected chi connectivity index (χ1v) is 12.4. The number of ether oxygens (including phenoxy) is 1. The van der Waals surface area contributed by atoms with Gasteiger partial charge in [0.25, 0.3) is 0 Å². The average molecular weight is 485 g/mol. The predicted octanol–water partition coefficient (Wildman–Crippen LogP) is 4.42. The highest BCUT2D eigenvalue weighted by molar-refractivity contribution is 7.88. The minimum absolute atomic E-state index is 0.134. The van der Waals surface area contributed by atoms with Gasteiger partial charge in [0.1, 0.15) is 5.75 Å². The summed E-state index contributed by atoms with van der Waals surface area (Å²) < 4.78 is 32.8. The molecule has 31 heavy (non-hydrogen) atoms. The Labute approximate surface area is 193 Å². The summed E-state index contributed by atoms with van der Waals surface area (Å²) in [5.74, 6) is -0.200. The van der Waals surface area contributed by atoms with Gasteiger partial charge in [-0.25, -0.2) is 12.7 Å². The summed E-state index contributed by atoms with van der Waals surface area (Å²) in [5, 5.41) is 3.62. The molecule has 1 heterocycles. The van der Waals surface area contributed by atoms with Crippen molar-refractivity contribution >= 4 is 39.1 Å². The minimum Gasteiger partial charge on any atom is -0.496 e. The Morgan fingerprint density at radius 3 is 2.55 bits per heavy atom. The Kier molecular flexibility index (Phi) is 7.86. The molecule has 0 spiro atoms. The highest BCUT2D eigenvalue weighted by atomic mass is 35.5. The van der Waals surface area contributed by atoms with E-state index in [1.165, 1.54) is 4.31 Å². The van der Waals surface area contributed by atoms with Crippen LogP contribution in [0.5, 0.6) is 5.75 Å². The van der Waals surface area contributed by atoms with Crippen LogP contribution in [0.3, 0.4) is 0 Å². The number of amides is 1. The summed E-state index contributed by atoms with van der Waals surface area (Å²) in [6.07, 6.45) is 1.24. The maximum Gasteiger partial charge on any atom is 0.224 e. The molecule has 2 aromatic carbocycles. The molecule has 2 atom stereocenters. The van der Waals surface area contributed by atoms with E-state index in [-0.39, 0.29) is 24.2 Å². The summed E-state index contributed by atoms with van der Waals surface area (Å²) in [6.45, 7) is 2.39. The topological polar surface area (TPSA) is 75.7 Å². The molecule has 1 fully saturated rings. The van der Waals surface area contributed by atoms with Crippen molar-refractivity contribution < 1.29 is 17.9 Å². The van der Waals surface area contributed by atoms with Crippen LogP contribution >= 0.6 is 23.2 Å². The Balaban J connectivity index is 1.68. The second kappa shape index (κ2) is 10.2. The van der Waals surface area contributed by atoms with E-state index in [0.29, 0.717) is 40.7 Å². The first-order valence-electron chi connectivity index (χ1n) is 10.1. The van der Waals surface area contributed by atoms with Gasteiger partial charge < -0.3 is 10.1 Å². The van der Waals surface area contributed by atoms with Crippen molar-refractivity contribution in [3.63, 3.8) is 0 Å². The molecule has 2 aromatic rings. The molecule has 0 radical (unpaired) electrons. The molecule has 1 saturated heterocycles. The van der Waals surface area contributed by atoms with Crippen molar-refractivity contribution in [1.29, 1.82) is 0 Å². The van der Waals surface area contributed by atoms with Crippen molar-refractivity contribution in [1.82, 2.24) is 9.62 Å². The lowest BCUT2D eigenvalue weighted by molar-refractivity contribution is -0.126. The van der Waals surface area contributed by atoms with Gasteiger partial charge in [0, 0.05) is 34.3 Å². The van der Waals surface area contributed by atoms with Crippen LogP contribution < -0.4 is 10.1 Å². The van der Waals surface area contributed by atoms with Crippen molar-refractivity contribution in [2.45, 2.75) is 31.6 Å². The molecule has 1 aliphatic heterocycles. The molecule has 1 aliphatic rings. The van der Waals surface area contributed by atoms with E-state index in [9.17, 15) is 13.2 Å². The molecule has 0 aromatic heterocycles. The van der Waals surface area contributed by atoms with Gasteiger partial charge in [-0.3, -0.25) is 4.79 Å². The summed E-state index contributed by atoms with van der Waals surface area (Å²) in [6, 6.07) is 12.1. The number of hydrogen-bond acceptors (Lipinski definition) is 4. The first-order chi connectivity index (χ1) is 14.7. The van der Waals surface area contributed by atoms with Crippen LogP contribution in [0.2, 0.25) is 10.0 Å². The monoisotopic (exact) mass is 484 g/mol. The number of benzene rings is 2.